The summed E-state index contributed by atoms with van der Waals surface area (Å²) in [7, 11) is 0. The SMILES string of the molecule is c1ccc(-c2cc(Cc3cccc4oc5ccc(-c6ccc7c8ccccc8c8ccccc8c7c6)cc5c34)cc(-c3ccccc3)n2)cc1. The lowest BCUT2D eigenvalue weighted by Crippen LogP contribution is -1.95. The highest BCUT2D eigenvalue weighted by molar-refractivity contribution is 6.25. The predicted octanol–water partition coefficient (Wildman–Crippen LogP) is 13.0. The summed E-state index contributed by atoms with van der Waals surface area (Å²) in [5.74, 6) is 0. The first-order valence-corrected chi connectivity index (χ1v) is 17.2. The highest BCUT2D eigenvalue weighted by Crippen LogP contribution is 2.39. The minimum atomic E-state index is 0.757. The van der Waals surface area contributed by atoms with Crippen LogP contribution in [0.1, 0.15) is 11.1 Å². The van der Waals surface area contributed by atoms with E-state index >= 15 is 0 Å². The van der Waals surface area contributed by atoms with Crippen molar-refractivity contribution in [2.45, 2.75) is 6.42 Å². The highest BCUT2D eigenvalue weighted by Gasteiger charge is 2.16. The van der Waals surface area contributed by atoms with E-state index in [1.807, 2.05) is 12.1 Å². The van der Waals surface area contributed by atoms with Crippen molar-refractivity contribution in [2.75, 3.05) is 0 Å². The first-order valence-electron chi connectivity index (χ1n) is 17.2. The molecule has 2 aromatic heterocycles. The molecule has 10 aromatic rings. The largest absolute Gasteiger partial charge is 0.456 e. The number of nitrogens with zero attached hydrogens (tertiary/aromatic N) is 1. The van der Waals surface area contributed by atoms with Gasteiger partial charge in [0.05, 0.1) is 11.4 Å². The summed E-state index contributed by atoms with van der Waals surface area (Å²) < 4.78 is 6.47. The molecule has 0 fully saturated rings. The Kier molecular flexibility index (Phi) is 6.60. The maximum atomic E-state index is 6.47. The molecule has 0 unspecified atom stereocenters. The molecule has 0 spiro atoms. The van der Waals surface area contributed by atoms with Gasteiger partial charge in [-0.15, -0.1) is 0 Å². The summed E-state index contributed by atoms with van der Waals surface area (Å²) in [6, 6.07) is 62.9. The van der Waals surface area contributed by atoms with Crippen LogP contribution in [0.15, 0.2) is 180 Å². The molecule has 10 rings (SSSR count). The molecule has 0 aliphatic carbocycles. The molecule has 0 aliphatic rings. The first kappa shape index (κ1) is 28.5. The Balaban J connectivity index is 1.12. The van der Waals surface area contributed by atoms with E-state index in [1.54, 1.807) is 0 Å². The monoisotopic (exact) mass is 637 g/mol. The van der Waals surface area contributed by atoms with Crippen LogP contribution in [0.3, 0.4) is 0 Å². The molecule has 0 N–H and O–H groups in total. The Hall–Kier alpha value is -6.51. The van der Waals surface area contributed by atoms with E-state index in [2.05, 4.69) is 164 Å². The van der Waals surface area contributed by atoms with Gasteiger partial charge in [-0.1, -0.05) is 140 Å². The van der Waals surface area contributed by atoms with Gasteiger partial charge in [0.15, 0.2) is 0 Å². The lowest BCUT2D eigenvalue weighted by molar-refractivity contribution is 0.669. The second-order valence-electron chi connectivity index (χ2n) is 13.1. The van der Waals surface area contributed by atoms with Gasteiger partial charge in [-0.3, -0.25) is 0 Å². The van der Waals surface area contributed by atoms with Gasteiger partial charge in [-0.2, -0.15) is 0 Å². The fourth-order valence-corrected chi connectivity index (χ4v) is 7.74. The molecule has 0 saturated carbocycles. The smallest absolute Gasteiger partial charge is 0.135 e. The summed E-state index contributed by atoms with van der Waals surface area (Å²) in [4.78, 5) is 5.10. The standard InChI is InChI=1S/C48H31NO/c1-3-12-32(13-4-1)44-27-31(28-45(49-44)33-14-5-2-6-15-33)26-36-16-11-21-47-48(36)43-30-35(23-25-46(43)50-47)34-22-24-41-39-19-8-7-17-37(39)38-18-9-10-20-40(38)42(41)29-34/h1-25,27-30H,26H2. The lowest BCUT2D eigenvalue weighted by atomic mass is 9.91. The van der Waals surface area contributed by atoms with Crippen molar-refractivity contribution >= 4 is 54.3 Å². The van der Waals surface area contributed by atoms with Crippen molar-refractivity contribution in [1.29, 1.82) is 0 Å². The number of hydrogen-bond donors (Lipinski definition) is 0. The molecule has 0 saturated heterocycles. The molecule has 234 valence electrons. The zero-order valence-corrected chi connectivity index (χ0v) is 27.3. The van der Waals surface area contributed by atoms with E-state index in [0.717, 1.165) is 45.5 Å². The second kappa shape index (κ2) is 11.6. The van der Waals surface area contributed by atoms with Gasteiger partial charge >= 0.3 is 0 Å². The van der Waals surface area contributed by atoms with Crippen molar-refractivity contribution in [2.24, 2.45) is 0 Å². The van der Waals surface area contributed by atoms with Crippen LogP contribution in [-0.2, 0) is 6.42 Å². The van der Waals surface area contributed by atoms with Gasteiger partial charge in [0.1, 0.15) is 11.2 Å². The van der Waals surface area contributed by atoms with Gasteiger partial charge < -0.3 is 4.42 Å². The summed E-state index contributed by atoms with van der Waals surface area (Å²) in [6.07, 6.45) is 0.757. The van der Waals surface area contributed by atoms with Crippen LogP contribution in [0.2, 0.25) is 0 Å². The van der Waals surface area contributed by atoms with E-state index in [9.17, 15) is 0 Å². The zero-order valence-electron chi connectivity index (χ0n) is 27.3. The molecule has 0 atom stereocenters. The number of furan rings is 1. The van der Waals surface area contributed by atoms with Gasteiger partial charge in [0, 0.05) is 21.9 Å². The molecule has 2 nitrogen and oxygen atoms in total. The topological polar surface area (TPSA) is 26.0 Å². The van der Waals surface area contributed by atoms with Crippen molar-refractivity contribution in [3.05, 3.63) is 187 Å². The maximum Gasteiger partial charge on any atom is 0.135 e. The third-order valence-corrected chi connectivity index (χ3v) is 10.1. The van der Waals surface area contributed by atoms with Gasteiger partial charge in [0.2, 0.25) is 0 Å². The molecule has 50 heavy (non-hydrogen) atoms. The number of pyridine rings is 1. The Morgan fingerprint density at radius 2 is 0.880 bits per heavy atom. The molecular formula is C48H31NO. The van der Waals surface area contributed by atoms with Crippen LogP contribution in [0, 0.1) is 0 Å². The van der Waals surface area contributed by atoms with Crippen LogP contribution in [-0.4, -0.2) is 4.98 Å². The third kappa shape index (κ3) is 4.76. The average Bonchev–Trinajstić information content (AvgIpc) is 3.57. The molecule has 2 heterocycles. The summed E-state index contributed by atoms with van der Waals surface area (Å²) >= 11 is 0. The van der Waals surface area contributed by atoms with Crippen LogP contribution >= 0.6 is 0 Å². The van der Waals surface area contributed by atoms with E-state index < -0.39 is 0 Å². The lowest BCUT2D eigenvalue weighted by Gasteiger charge is -2.12. The molecule has 0 amide bonds. The third-order valence-electron chi connectivity index (χ3n) is 10.1. The summed E-state index contributed by atoms with van der Waals surface area (Å²) in [5, 5.41) is 10.0. The Morgan fingerprint density at radius 3 is 1.50 bits per heavy atom. The van der Waals surface area contributed by atoms with Gasteiger partial charge in [0.25, 0.3) is 0 Å². The van der Waals surface area contributed by atoms with Crippen molar-refractivity contribution in [3.63, 3.8) is 0 Å². The van der Waals surface area contributed by atoms with Crippen molar-refractivity contribution in [3.8, 4) is 33.6 Å². The Labute approximate surface area is 289 Å². The first-order chi connectivity index (χ1) is 24.8. The predicted molar refractivity (Wildman–Crippen MR) is 210 cm³/mol. The number of aromatic nitrogens is 1. The van der Waals surface area contributed by atoms with Gasteiger partial charge in [-0.05, 0) is 97.4 Å². The Bertz CT molecular complexity index is 2790. The molecule has 8 aromatic carbocycles. The molecule has 2 heteroatoms. The minimum Gasteiger partial charge on any atom is -0.456 e. The van der Waals surface area contributed by atoms with Crippen molar-refractivity contribution < 1.29 is 4.42 Å². The molecule has 0 bridgehead atoms. The number of benzene rings is 8. The van der Waals surface area contributed by atoms with Crippen molar-refractivity contribution in [1.82, 2.24) is 4.98 Å². The highest BCUT2D eigenvalue weighted by atomic mass is 16.3. The zero-order chi connectivity index (χ0) is 33.0. The van der Waals surface area contributed by atoms with Crippen LogP contribution < -0.4 is 0 Å². The molecule has 0 aliphatic heterocycles. The molecule has 0 radical (unpaired) electrons. The fourth-order valence-electron chi connectivity index (χ4n) is 7.74. The minimum absolute atomic E-state index is 0.757. The number of rotatable bonds is 5. The van der Waals surface area contributed by atoms with Crippen LogP contribution in [0.5, 0.6) is 0 Å². The maximum absolute atomic E-state index is 6.47. The molecular weight excluding hydrogens is 607 g/mol. The number of hydrogen-bond acceptors (Lipinski definition) is 2. The van der Waals surface area contributed by atoms with E-state index in [1.165, 1.54) is 60.0 Å². The van der Waals surface area contributed by atoms with Crippen LogP contribution in [0.4, 0.5) is 0 Å². The van der Waals surface area contributed by atoms with E-state index in [-0.39, 0.29) is 0 Å². The van der Waals surface area contributed by atoms with Crippen LogP contribution in [0.25, 0.3) is 87.9 Å². The Morgan fingerprint density at radius 1 is 0.360 bits per heavy atom. The van der Waals surface area contributed by atoms with Gasteiger partial charge in [-0.25, -0.2) is 4.98 Å². The van der Waals surface area contributed by atoms with E-state index in [0.29, 0.717) is 0 Å². The summed E-state index contributed by atoms with van der Waals surface area (Å²) in [6.45, 7) is 0. The quantitative estimate of drug-likeness (QED) is 0.176. The van der Waals surface area contributed by atoms with E-state index in [4.69, 9.17) is 9.40 Å². The fraction of sp³-hybridized carbons (Fsp3) is 0.0208. The summed E-state index contributed by atoms with van der Waals surface area (Å²) in [5.41, 5.74) is 10.8. The second-order valence-corrected chi connectivity index (χ2v) is 13.1. The normalized spacial score (nSPS) is 11.7. The average molecular weight is 638 g/mol. The number of fused-ring (bicyclic) bond motifs is 9.